The highest BCUT2D eigenvalue weighted by atomic mass is 32.2. The molecule has 180 valence electrons. The van der Waals surface area contributed by atoms with E-state index in [0.29, 0.717) is 46.7 Å². The van der Waals surface area contributed by atoms with Crippen LogP contribution >= 0.6 is 0 Å². The largest absolute Gasteiger partial charge is 0.492 e. The summed E-state index contributed by atoms with van der Waals surface area (Å²) in [6.07, 6.45) is 5.37. The van der Waals surface area contributed by atoms with E-state index in [1.165, 1.54) is 25.0 Å². The van der Waals surface area contributed by atoms with E-state index in [2.05, 4.69) is 10.2 Å². The van der Waals surface area contributed by atoms with Crippen LogP contribution in [0.2, 0.25) is 0 Å². The quantitative estimate of drug-likeness (QED) is 0.453. The Kier molecular flexibility index (Phi) is 5.60. The number of nitrogens with one attached hydrogen (secondary N) is 1. The highest BCUT2D eigenvalue weighted by Gasteiger charge is 2.45. The smallest absolute Gasteiger partial charge is 0.341 e. The number of rotatable bonds is 7. The van der Waals surface area contributed by atoms with Crippen LogP contribution in [0.4, 0.5) is 10.1 Å². The second-order valence-electron chi connectivity index (χ2n) is 10.2. The van der Waals surface area contributed by atoms with Crippen LogP contribution in [0.15, 0.2) is 35.2 Å². The Morgan fingerprint density at radius 1 is 1.26 bits per heavy atom. The van der Waals surface area contributed by atoms with E-state index in [1.54, 1.807) is 12.1 Å². The number of nitrogens with zero attached hydrogens (tertiary/aromatic N) is 1. The van der Waals surface area contributed by atoms with Gasteiger partial charge in [0, 0.05) is 24.1 Å². The summed E-state index contributed by atoms with van der Waals surface area (Å²) in [5, 5.41) is 13.0. The molecule has 4 aliphatic rings. The summed E-state index contributed by atoms with van der Waals surface area (Å²) < 4.78 is 33.2. The van der Waals surface area contributed by atoms with Crippen molar-refractivity contribution in [3.05, 3.63) is 52.8 Å². The number of carboxylic acid groups (broad SMARTS) is 1. The van der Waals surface area contributed by atoms with Gasteiger partial charge in [0.1, 0.15) is 27.9 Å². The van der Waals surface area contributed by atoms with Crippen LogP contribution in [0, 0.1) is 17.7 Å². The van der Waals surface area contributed by atoms with E-state index < -0.39 is 16.8 Å². The minimum Gasteiger partial charge on any atom is -0.492 e. The first-order valence-electron chi connectivity index (χ1n) is 12.2. The lowest BCUT2D eigenvalue weighted by atomic mass is 9.95. The number of fused-ring (bicyclic) bond motifs is 4. The van der Waals surface area contributed by atoms with E-state index in [0.717, 1.165) is 43.5 Å². The van der Waals surface area contributed by atoms with E-state index in [9.17, 15) is 18.5 Å². The molecule has 5 unspecified atom stereocenters. The number of hydrogen-bond acceptors (Lipinski definition) is 5. The number of carbonyl (C=O) groups is 1. The number of ether oxygens (including phenoxy) is 1. The summed E-state index contributed by atoms with van der Waals surface area (Å²) >= 11 is 0. The van der Waals surface area contributed by atoms with E-state index in [4.69, 9.17) is 4.74 Å². The van der Waals surface area contributed by atoms with Crippen LogP contribution in [0.3, 0.4) is 0 Å². The molecule has 2 aromatic carbocycles. The third-order valence-electron chi connectivity index (χ3n) is 7.99. The summed E-state index contributed by atoms with van der Waals surface area (Å²) in [5.41, 5.74) is 2.29. The van der Waals surface area contributed by atoms with Gasteiger partial charge in [-0.2, -0.15) is 0 Å². The summed E-state index contributed by atoms with van der Waals surface area (Å²) in [7, 11) is -1.88. The number of anilines is 1. The number of aromatic carboxylic acids is 1. The second kappa shape index (κ2) is 8.64. The second-order valence-corrected chi connectivity index (χ2v) is 11.8. The molecule has 0 radical (unpaired) electrons. The fourth-order valence-electron chi connectivity index (χ4n) is 6.26. The van der Waals surface area contributed by atoms with Gasteiger partial charge in [-0.25, -0.2) is 9.18 Å². The maximum atomic E-state index is 14.1. The van der Waals surface area contributed by atoms with Gasteiger partial charge in [0.15, 0.2) is 10.8 Å². The van der Waals surface area contributed by atoms with Crippen LogP contribution < -0.4 is 10.1 Å². The number of carboxylic acids is 1. The summed E-state index contributed by atoms with van der Waals surface area (Å²) in [4.78, 5) is 15.2. The van der Waals surface area contributed by atoms with Crippen molar-refractivity contribution < 1.29 is 23.2 Å². The lowest BCUT2D eigenvalue weighted by Gasteiger charge is -2.20. The van der Waals surface area contributed by atoms with Gasteiger partial charge in [0.05, 0.1) is 12.3 Å². The predicted molar refractivity (Wildman–Crippen MR) is 129 cm³/mol. The molecule has 34 heavy (non-hydrogen) atoms. The van der Waals surface area contributed by atoms with Crippen LogP contribution in [0.1, 0.15) is 53.1 Å². The Labute approximate surface area is 200 Å². The topological polar surface area (TPSA) is 78.9 Å². The Morgan fingerprint density at radius 2 is 2.15 bits per heavy atom. The predicted octanol–water partition coefficient (Wildman–Crippen LogP) is 4.17. The first-order valence-corrected chi connectivity index (χ1v) is 13.7. The zero-order valence-corrected chi connectivity index (χ0v) is 19.9. The number of thiol groups is 1. The third kappa shape index (κ3) is 4.01. The molecular formula is C26H30FN2O4S+. The van der Waals surface area contributed by atoms with Gasteiger partial charge >= 0.3 is 5.97 Å². The molecule has 2 aromatic rings. The molecular weight excluding hydrogens is 455 g/mol. The first-order chi connectivity index (χ1) is 16.5. The Hall–Kier alpha value is -2.45. The fourth-order valence-corrected chi connectivity index (χ4v) is 7.47. The van der Waals surface area contributed by atoms with Crippen molar-refractivity contribution >= 4 is 22.5 Å². The Balaban J connectivity index is 1.19. The van der Waals surface area contributed by atoms with Gasteiger partial charge in [-0.05, 0) is 80.3 Å². The summed E-state index contributed by atoms with van der Waals surface area (Å²) in [6.45, 7) is 2.72. The van der Waals surface area contributed by atoms with Crippen LogP contribution in [-0.4, -0.2) is 47.6 Å². The molecule has 1 aliphatic carbocycles. The molecule has 0 spiro atoms. The molecule has 6 nitrogen and oxygen atoms in total. The molecule has 2 N–H and O–H groups in total. The average molecular weight is 486 g/mol. The molecule has 0 amide bonds. The van der Waals surface area contributed by atoms with Crippen molar-refractivity contribution in [2.24, 2.45) is 11.8 Å². The third-order valence-corrected chi connectivity index (χ3v) is 9.41. The molecule has 8 heteroatoms. The molecule has 1 saturated carbocycles. The Morgan fingerprint density at radius 3 is 2.97 bits per heavy atom. The van der Waals surface area contributed by atoms with Crippen LogP contribution in [0.25, 0.3) is 0 Å². The monoisotopic (exact) mass is 485 g/mol. The molecule has 0 aromatic heterocycles. The van der Waals surface area contributed by atoms with E-state index in [-0.39, 0.29) is 17.3 Å². The van der Waals surface area contributed by atoms with Crippen molar-refractivity contribution in [1.82, 2.24) is 4.90 Å². The molecule has 3 aliphatic heterocycles. The van der Waals surface area contributed by atoms with Crippen molar-refractivity contribution in [2.45, 2.75) is 49.0 Å². The minimum atomic E-state index is -1.88. The van der Waals surface area contributed by atoms with Crippen molar-refractivity contribution in [3.63, 3.8) is 0 Å². The summed E-state index contributed by atoms with van der Waals surface area (Å²) in [6, 6.07) is 8.84. The molecule has 3 heterocycles. The van der Waals surface area contributed by atoms with Gasteiger partial charge in [0.2, 0.25) is 0 Å². The van der Waals surface area contributed by atoms with Gasteiger partial charge in [-0.15, -0.1) is 4.21 Å². The SMILES string of the molecule is O=C(O)c1c(NC[SH+](=O)c2ccc(F)cc2CC2CC3CCCN3C2)ccc2c1OCC1CC21. The molecule has 6 rings (SSSR count). The molecule has 2 saturated heterocycles. The first kappa shape index (κ1) is 22.0. The fraction of sp³-hybridized carbons (Fsp3) is 0.500. The highest BCUT2D eigenvalue weighted by Crippen LogP contribution is 2.55. The van der Waals surface area contributed by atoms with Gasteiger partial charge < -0.3 is 20.1 Å². The minimum absolute atomic E-state index is 0.0818. The summed E-state index contributed by atoms with van der Waals surface area (Å²) in [5.74, 6) is 0.486. The standard InChI is InChI=1S/C26H29FN2O4S/c27-18-3-6-23(16(10-18)8-15-9-19-2-1-7-29(19)12-15)34(32)14-28-22-5-4-20-21-11-17(21)13-33-25(20)24(22)26(30)31/h3-6,10,15,17,19,21,28H,1-2,7-9,11-14H2,(H,30,31)/p+1. The van der Waals surface area contributed by atoms with Gasteiger partial charge in [-0.3, -0.25) is 0 Å². The van der Waals surface area contributed by atoms with Crippen molar-refractivity contribution in [3.8, 4) is 5.75 Å². The number of halogens is 1. The average Bonchev–Trinajstić information content (AvgIpc) is 3.34. The van der Waals surface area contributed by atoms with Crippen LogP contribution in [-0.2, 0) is 21.4 Å². The zero-order valence-electron chi connectivity index (χ0n) is 19.0. The van der Waals surface area contributed by atoms with Crippen molar-refractivity contribution in [1.29, 1.82) is 0 Å². The molecule has 3 fully saturated rings. The Bertz CT molecular complexity index is 1160. The maximum Gasteiger partial charge on any atom is 0.341 e. The maximum absolute atomic E-state index is 14.1. The normalized spacial score (nSPS) is 27.9. The lowest BCUT2D eigenvalue weighted by Crippen LogP contribution is -2.22. The van der Waals surface area contributed by atoms with Crippen LogP contribution in [0.5, 0.6) is 5.75 Å². The van der Waals surface area contributed by atoms with E-state index >= 15 is 0 Å². The van der Waals surface area contributed by atoms with Crippen molar-refractivity contribution in [2.75, 3.05) is 30.9 Å². The molecule has 0 bridgehead atoms. The van der Waals surface area contributed by atoms with Gasteiger partial charge in [-0.1, -0.05) is 6.07 Å². The van der Waals surface area contributed by atoms with E-state index in [1.807, 2.05) is 6.07 Å². The zero-order chi connectivity index (χ0) is 23.4. The molecule has 5 atom stereocenters. The van der Waals surface area contributed by atoms with Gasteiger partial charge in [0.25, 0.3) is 0 Å². The number of hydrogen-bond donors (Lipinski definition) is 2. The highest BCUT2D eigenvalue weighted by molar-refractivity contribution is 7.85. The number of benzene rings is 2. The lowest BCUT2D eigenvalue weighted by molar-refractivity contribution is 0.0692.